The molecule has 6 nitrogen and oxygen atoms in total. The van der Waals surface area contributed by atoms with Gasteiger partial charge in [-0.15, -0.1) is 0 Å². The minimum Gasteiger partial charge on any atom is -0.508 e. The fourth-order valence-corrected chi connectivity index (χ4v) is 1.67. The summed E-state index contributed by atoms with van der Waals surface area (Å²) in [5.74, 6) is 0.548. The van der Waals surface area contributed by atoms with Gasteiger partial charge in [0.2, 0.25) is 0 Å². The van der Waals surface area contributed by atoms with Crippen LogP contribution in [0.3, 0.4) is 0 Å². The summed E-state index contributed by atoms with van der Waals surface area (Å²) in [6, 6.07) is 9.93. The van der Waals surface area contributed by atoms with Crippen molar-refractivity contribution < 1.29 is 14.4 Å². The van der Waals surface area contributed by atoms with Crippen molar-refractivity contribution in [1.29, 1.82) is 0 Å². The van der Waals surface area contributed by atoms with Crippen LogP contribution in [0.2, 0.25) is 0 Å². The number of hydrogen-bond donors (Lipinski definition) is 2. The normalized spacial score (nSPS) is 10.5. The highest BCUT2D eigenvalue weighted by Crippen LogP contribution is 2.15. The molecule has 6 heteroatoms. The zero-order chi connectivity index (χ0) is 13.7. The molecule has 19 heavy (non-hydrogen) atoms. The lowest BCUT2D eigenvalue weighted by Crippen LogP contribution is -2.16. The van der Waals surface area contributed by atoms with Gasteiger partial charge in [-0.2, -0.15) is 0 Å². The van der Waals surface area contributed by atoms with Crippen molar-refractivity contribution in [2.24, 2.45) is 0 Å². The van der Waals surface area contributed by atoms with Gasteiger partial charge >= 0.3 is 5.88 Å². The summed E-state index contributed by atoms with van der Waals surface area (Å²) in [7, 11) is 0. The molecule has 0 spiro atoms. The van der Waals surface area contributed by atoms with E-state index in [9.17, 15) is 10.1 Å². The number of benzene rings is 1. The van der Waals surface area contributed by atoms with E-state index < -0.39 is 4.92 Å². The minimum absolute atomic E-state index is 0.240. The third-order valence-corrected chi connectivity index (χ3v) is 2.65. The topological polar surface area (TPSA) is 88.5 Å². The number of furan rings is 1. The molecule has 2 N–H and O–H groups in total. The molecule has 0 aliphatic carbocycles. The van der Waals surface area contributed by atoms with Crippen molar-refractivity contribution in [3.63, 3.8) is 0 Å². The van der Waals surface area contributed by atoms with Gasteiger partial charge in [0.15, 0.2) is 0 Å². The van der Waals surface area contributed by atoms with Crippen LogP contribution < -0.4 is 5.32 Å². The SMILES string of the molecule is O=[N+]([O-])c1ccc(CNCCc2ccc(O)cc2)o1. The van der Waals surface area contributed by atoms with Gasteiger partial charge in [0.1, 0.15) is 16.4 Å². The van der Waals surface area contributed by atoms with Crippen LogP contribution in [0.15, 0.2) is 40.8 Å². The Hall–Kier alpha value is -2.34. The van der Waals surface area contributed by atoms with E-state index in [2.05, 4.69) is 5.32 Å². The second-order valence-electron chi connectivity index (χ2n) is 4.09. The lowest BCUT2D eigenvalue weighted by Gasteiger charge is -2.03. The van der Waals surface area contributed by atoms with E-state index in [4.69, 9.17) is 9.52 Å². The van der Waals surface area contributed by atoms with Crippen LogP contribution in [-0.4, -0.2) is 16.6 Å². The minimum atomic E-state index is -0.556. The number of nitrogens with zero attached hydrogens (tertiary/aromatic N) is 1. The summed E-state index contributed by atoms with van der Waals surface area (Å²) in [6.45, 7) is 1.17. The van der Waals surface area contributed by atoms with E-state index in [1.807, 2.05) is 12.1 Å². The van der Waals surface area contributed by atoms with Gasteiger partial charge in [0, 0.05) is 0 Å². The van der Waals surface area contributed by atoms with Crippen molar-refractivity contribution in [3.8, 4) is 5.75 Å². The van der Waals surface area contributed by atoms with Crippen molar-refractivity contribution in [1.82, 2.24) is 5.32 Å². The van der Waals surface area contributed by atoms with E-state index in [0.29, 0.717) is 12.3 Å². The highest BCUT2D eigenvalue weighted by atomic mass is 16.6. The molecule has 0 saturated heterocycles. The Morgan fingerprint density at radius 2 is 1.95 bits per heavy atom. The van der Waals surface area contributed by atoms with Crippen LogP contribution in [0.1, 0.15) is 11.3 Å². The maximum atomic E-state index is 10.4. The molecule has 0 radical (unpaired) electrons. The van der Waals surface area contributed by atoms with Crippen LogP contribution in [0.25, 0.3) is 0 Å². The molecule has 1 aromatic heterocycles. The van der Waals surface area contributed by atoms with Crippen molar-refractivity contribution >= 4 is 5.88 Å². The number of hydrogen-bond acceptors (Lipinski definition) is 5. The summed E-state index contributed by atoms with van der Waals surface area (Å²) in [5.41, 5.74) is 1.11. The molecule has 0 aliphatic rings. The molecule has 0 bridgehead atoms. The smallest absolute Gasteiger partial charge is 0.433 e. The summed E-state index contributed by atoms with van der Waals surface area (Å²) in [5, 5.41) is 22.7. The Morgan fingerprint density at radius 1 is 1.21 bits per heavy atom. The lowest BCUT2D eigenvalue weighted by molar-refractivity contribution is -0.402. The fraction of sp³-hybridized carbons (Fsp3) is 0.231. The molecule has 1 heterocycles. The third kappa shape index (κ3) is 3.82. The van der Waals surface area contributed by atoms with Crippen LogP contribution in [-0.2, 0) is 13.0 Å². The van der Waals surface area contributed by atoms with E-state index in [0.717, 1.165) is 18.5 Å². The molecule has 0 saturated carbocycles. The first kappa shape index (κ1) is 13.1. The van der Waals surface area contributed by atoms with E-state index in [1.54, 1.807) is 18.2 Å². The number of aromatic hydroxyl groups is 1. The molecule has 0 unspecified atom stereocenters. The van der Waals surface area contributed by atoms with Crippen molar-refractivity contribution in [2.75, 3.05) is 6.54 Å². The standard InChI is InChI=1S/C13H14N2O4/c16-11-3-1-10(2-4-11)7-8-14-9-12-5-6-13(19-12)15(17)18/h1-6,14,16H,7-9H2. The Bertz CT molecular complexity index is 548. The van der Waals surface area contributed by atoms with Gasteiger partial charge in [-0.25, -0.2) is 0 Å². The fourth-order valence-electron chi connectivity index (χ4n) is 1.67. The number of phenolic OH excluding ortho intramolecular Hbond substituents is 1. The summed E-state index contributed by atoms with van der Waals surface area (Å²) < 4.78 is 5.02. The second kappa shape index (κ2) is 6.01. The molecule has 0 aliphatic heterocycles. The third-order valence-electron chi connectivity index (χ3n) is 2.65. The van der Waals surface area contributed by atoms with E-state index in [1.165, 1.54) is 6.07 Å². The van der Waals surface area contributed by atoms with Gasteiger partial charge in [0.05, 0.1) is 12.6 Å². The van der Waals surface area contributed by atoms with E-state index in [-0.39, 0.29) is 11.6 Å². The average Bonchev–Trinajstić information content (AvgIpc) is 2.86. The first-order valence-corrected chi connectivity index (χ1v) is 5.87. The predicted octanol–water partition coefficient (Wildman–Crippen LogP) is 2.23. The zero-order valence-electron chi connectivity index (χ0n) is 10.2. The average molecular weight is 262 g/mol. The number of phenols is 1. The van der Waals surface area contributed by atoms with Crippen molar-refractivity contribution in [2.45, 2.75) is 13.0 Å². The molecule has 0 atom stereocenters. The maximum Gasteiger partial charge on any atom is 0.433 e. The quantitative estimate of drug-likeness (QED) is 0.473. The van der Waals surface area contributed by atoms with Crippen molar-refractivity contribution in [3.05, 3.63) is 57.8 Å². The molecule has 1 aromatic carbocycles. The number of nitro groups is 1. The number of nitrogens with one attached hydrogen (secondary N) is 1. The maximum absolute atomic E-state index is 10.4. The highest BCUT2D eigenvalue weighted by molar-refractivity contribution is 5.26. The Balaban J connectivity index is 1.74. The predicted molar refractivity (Wildman–Crippen MR) is 68.9 cm³/mol. The lowest BCUT2D eigenvalue weighted by atomic mass is 10.1. The summed E-state index contributed by atoms with van der Waals surface area (Å²) >= 11 is 0. The van der Waals surface area contributed by atoms with E-state index >= 15 is 0 Å². The number of rotatable bonds is 6. The van der Waals surface area contributed by atoms with Gasteiger partial charge in [0.25, 0.3) is 0 Å². The summed E-state index contributed by atoms with van der Waals surface area (Å²) in [4.78, 5) is 9.87. The highest BCUT2D eigenvalue weighted by Gasteiger charge is 2.10. The Labute approximate surface area is 109 Å². The van der Waals surface area contributed by atoms with Gasteiger partial charge in [-0.3, -0.25) is 10.1 Å². The molecular formula is C13H14N2O4. The molecule has 2 aromatic rings. The van der Waals surface area contributed by atoms with Gasteiger partial charge in [-0.05, 0) is 36.7 Å². The summed E-state index contributed by atoms with van der Waals surface area (Å²) in [6.07, 6.45) is 0.809. The van der Waals surface area contributed by atoms with Crippen LogP contribution in [0.5, 0.6) is 5.75 Å². The van der Waals surface area contributed by atoms with Gasteiger partial charge < -0.3 is 14.8 Å². The second-order valence-corrected chi connectivity index (χ2v) is 4.09. The molecule has 0 fully saturated rings. The Kier molecular flexibility index (Phi) is 4.15. The molecule has 2 rings (SSSR count). The zero-order valence-corrected chi connectivity index (χ0v) is 10.2. The van der Waals surface area contributed by atoms with Gasteiger partial charge in [-0.1, -0.05) is 12.1 Å². The largest absolute Gasteiger partial charge is 0.508 e. The van der Waals surface area contributed by atoms with Crippen LogP contribution in [0, 0.1) is 10.1 Å². The van der Waals surface area contributed by atoms with Crippen LogP contribution in [0.4, 0.5) is 5.88 Å². The Morgan fingerprint density at radius 3 is 2.58 bits per heavy atom. The molecular weight excluding hydrogens is 248 g/mol. The first-order valence-electron chi connectivity index (χ1n) is 5.87. The monoisotopic (exact) mass is 262 g/mol. The molecule has 0 amide bonds. The molecule has 100 valence electrons. The first-order chi connectivity index (χ1) is 9.15. The van der Waals surface area contributed by atoms with Crippen LogP contribution >= 0.6 is 0 Å².